The molecule has 0 saturated carbocycles. The van der Waals surface area contributed by atoms with E-state index < -0.39 is 11.8 Å². The molecule has 214 valence electrons. The van der Waals surface area contributed by atoms with Crippen molar-refractivity contribution in [3.05, 3.63) is 119 Å². The first-order valence-corrected chi connectivity index (χ1v) is 14.0. The number of thioether (sulfide) groups is 1. The molecular weight excluding hydrogens is 550 g/mol. The first kappa shape index (κ1) is 30.0. The summed E-state index contributed by atoms with van der Waals surface area (Å²) in [5, 5.41) is 8.47. The van der Waals surface area contributed by atoms with Crippen molar-refractivity contribution in [2.24, 2.45) is 0 Å². The lowest BCUT2D eigenvalue weighted by Gasteiger charge is -2.14. The van der Waals surface area contributed by atoms with Crippen molar-refractivity contribution in [2.75, 3.05) is 30.6 Å². The van der Waals surface area contributed by atoms with Gasteiger partial charge < -0.3 is 25.4 Å². The van der Waals surface area contributed by atoms with E-state index >= 15 is 0 Å². The van der Waals surface area contributed by atoms with E-state index in [2.05, 4.69) is 16.0 Å². The summed E-state index contributed by atoms with van der Waals surface area (Å²) in [4.78, 5) is 39.8. The maximum Gasteiger partial charge on any atom is 0.272 e. The van der Waals surface area contributed by atoms with Crippen LogP contribution in [0.2, 0.25) is 0 Å². The fourth-order valence-corrected chi connectivity index (χ4v) is 4.81. The van der Waals surface area contributed by atoms with Crippen molar-refractivity contribution in [2.45, 2.75) is 11.8 Å². The zero-order valence-electron chi connectivity index (χ0n) is 23.5. The van der Waals surface area contributed by atoms with Crippen LogP contribution < -0.4 is 25.4 Å². The Hall–Kier alpha value is -5.02. The average Bonchev–Trinajstić information content (AvgIpc) is 3.00. The number of benzene rings is 4. The zero-order chi connectivity index (χ0) is 29.9. The van der Waals surface area contributed by atoms with Gasteiger partial charge in [-0.25, -0.2) is 0 Å². The van der Waals surface area contributed by atoms with Gasteiger partial charge in [0.1, 0.15) is 5.70 Å². The molecule has 4 aromatic carbocycles. The Bertz CT molecular complexity index is 1600. The number of hydrogen-bond acceptors (Lipinski definition) is 6. The summed E-state index contributed by atoms with van der Waals surface area (Å²) in [5.74, 6) is -0.0234. The van der Waals surface area contributed by atoms with Gasteiger partial charge in [-0.3, -0.25) is 14.4 Å². The summed E-state index contributed by atoms with van der Waals surface area (Å²) >= 11 is 1.34. The van der Waals surface area contributed by atoms with Gasteiger partial charge in [-0.1, -0.05) is 48.5 Å². The molecule has 0 aliphatic rings. The van der Waals surface area contributed by atoms with Gasteiger partial charge >= 0.3 is 0 Å². The Morgan fingerprint density at radius 3 is 2.21 bits per heavy atom. The maximum absolute atomic E-state index is 13.5. The predicted molar refractivity (Wildman–Crippen MR) is 167 cm³/mol. The zero-order valence-corrected chi connectivity index (χ0v) is 24.3. The molecule has 3 N–H and O–H groups in total. The van der Waals surface area contributed by atoms with Crippen molar-refractivity contribution < 1.29 is 23.9 Å². The van der Waals surface area contributed by atoms with E-state index in [0.717, 1.165) is 16.1 Å². The van der Waals surface area contributed by atoms with Gasteiger partial charge in [-0.2, -0.15) is 0 Å². The lowest BCUT2D eigenvalue weighted by molar-refractivity contribution is -0.114. The topological polar surface area (TPSA) is 106 Å². The molecule has 0 atom stereocenters. The van der Waals surface area contributed by atoms with E-state index in [0.29, 0.717) is 28.3 Å². The molecule has 0 unspecified atom stereocenters. The largest absolute Gasteiger partial charge is 0.493 e. The van der Waals surface area contributed by atoms with Crippen molar-refractivity contribution in [1.82, 2.24) is 5.32 Å². The van der Waals surface area contributed by atoms with Gasteiger partial charge in [-0.15, -0.1) is 11.8 Å². The minimum atomic E-state index is -0.538. The molecule has 4 rings (SSSR count). The van der Waals surface area contributed by atoms with Crippen LogP contribution in [0.25, 0.3) is 6.08 Å². The molecule has 3 amide bonds. The standard InChI is InChI=1S/C33H31N3O5S/c1-22-10-7-14-25(18-22)34-30(37)21-42-27-16-9-15-26(20-27)35-33(39)28(36-32(38)23-11-5-4-6-12-23)19-24-13-8-17-29(40-2)31(24)41-3/h4-20H,21H2,1-3H3,(H,34,37)(H,35,39)(H,36,38)/b28-19+. The quantitative estimate of drug-likeness (QED) is 0.145. The number of aryl methyl sites for hydroxylation is 1. The van der Waals surface area contributed by atoms with Gasteiger partial charge in [0, 0.05) is 27.4 Å². The second kappa shape index (κ2) is 14.6. The van der Waals surface area contributed by atoms with Gasteiger partial charge in [-0.05, 0) is 67.1 Å². The van der Waals surface area contributed by atoms with Crippen molar-refractivity contribution in [3.63, 3.8) is 0 Å². The summed E-state index contributed by atoms with van der Waals surface area (Å²) in [6.07, 6.45) is 1.53. The number of methoxy groups -OCH3 is 2. The molecular formula is C33H31N3O5S. The third-order valence-electron chi connectivity index (χ3n) is 6.03. The van der Waals surface area contributed by atoms with E-state index in [-0.39, 0.29) is 17.4 Å². The monoisotopic (exact) mass is 581 g/mol. The molecule has 0 saturated heterocycles. The highest BCUT2D eigenvalue weighted by Crippen LogP contribution is 2.32. The number of para-hydroxylation sites is 1. The Morgan fingerprint density at radius 1 is 0.786 bits per heavy atom. The fourth-order valence-electron chi connectivity index (χ4n) is 4.05. The molecule has 0 radical (unpaired) electrons. The molecule has 9 heteroatoms. The second-order valence-electron chi connectivity index (χ2n) is 9.15. The average molecular weight is 582 g/mol. The van der Waals surface area contributed by atoms with Crippen LogP contribution in [0.15, 0.2) is 108 Å². The van der Waals surface area contributed by atoms with Crippen LogP contribution >= 0.6 is 11.8 Å². The molecule has 0 fully saturated rings. The van der Waals surface area contributed by atoms with Gasteiger partial charge in [0.25, 0.3) is 11.8 Å². The Morgan fingerprint density at radius 2 is 1.50 bits per heavy atom. The van der Waals surface area contributed by atoms with Crippen LogP contribution in [-0.4, -0.2) is 37.7 Å². The first-order chi connectivity index (χ1) is 20.4. The van der Waals surface area contributed by atoms with Crippen molar-refractivity contribution >= 4 is 46.9 Å². The van der Waals surface area contributed by atoms with E-state index in [1.807, 2.05) is 37.3 Å². The lowest BCUT2D eigenvalue weighted by Crippen LogP contribution is -2.30. The Balaban J connectivity index is 1.51. The highest BCUT2D eigenvalue weighted by molar-refractivity contribution is 8.00. The van der Waals surface area contributed by atoms with Crippen molar-refractivity contribution in [1.29, 1.82) is 0 Å². The van der Waals surface area contributed by atoms with Gasteiger partial charge in [0.15, 0.2) is 11.5 Å². The molecule has 0 bridgehead atoms. The smallest absolute Gasteiger partial charge is 0.272 e. The molecule has 8 nitrogen and oxygen atoms in total. The second-order valence-corrected chi connectivity index (χ2v) is 10.2. The number of anilines is 2. The van der Waals surface area contributed by atoms with Crippen LogP contribution in [0.1, 0.15) is 21.5 Å². The fraction of sp³-hybridized carbons (Fsp3) is 0.121. The highest BCUT2D eigenvalue weighted by atomic mass is 32.2. The van der Waals surface area contributed by atoms with Crippen LogP contribution in [0.5, 0.6) is 11.5 Å². The SMILES string of the molecule is COc1cccc(/C=C(/NC(=O)c2ccccc2)C(=O)Nc2cccc(SCC(=O)Nc3cccc(C)c3)c2)c1OC. The normalized spacial score (nSPS) is 10.9. The lowest BCUT2D eigenvalue weighted by atomic mass is 10.1. The molecule has 0 spiro atoms. The van der Waals surface area contributed by atoms with Crippen LogP contribution in [0, 0.1) is 6.92 Å². The van der Waals surface area contributed by atoms with Gasteiger partial charge in [0.05, 0.1) is 20.0 Å². The van der Waals surface area contributed by atoms with Crippen molar-refractivity contribution in [3.8, 4) is 11.5 Å². The first-order valence-electron chi connectivity index (χ1n) is 13.1. The Kier molecular flexibility index (Phi) is 10.4. The number of ether oxygens (including phenoxy) is 2. The molecule has 0 aliphatic heterocycles. The third kappa shape index (κ3) is 8.25. The molecule has 0 aromatic heterocycles. The number of rotatable bonds is 11. The van der Waals surface area contributed by atoms with E-state index in [4.69, 9.17) is 9.47 Å². The summed E-state index contributed by atoms with van der Waals surface area (Å²) in [7, 11) is 3.02. The van der Waals surface area contributed by atoms with E-state index in [9.17, 15) is 14.4 Å². The summed E-state index contributed by atoms with van der Waals surface area (Å²) in [5.41, 5.74) is 3.25. The highest BCUT2D eigenvalue weighted by Gasteiger charge is 2.17. The minimum Gasteiger partial charge on any atom is -0.493 e. The molecule has 0 aliphatic carbocycles. The summed E-state index contributed by atoms with van der Waals surface area (Å²) < 4.78 is 10.9. The number of carbonyl (C=O) groups excluding carboxylic acids is 3. The number of hydrogen-bond donors (Lipinski definition) is 3. The third-order valence-corrected chi connectivity index (χ3v) is 7.02. The van der Waals surface area contributed by atoms with Crippen LogP contribution in [0.3, 0.4) is 0 Å². The molecule has 0 heterocycles. The number of carbonyl (C=O) groups is 3. The van der Waals surface area contributed by atoms with Crippen LogP contribution in [0.4, 0.5) is 11.4 Å². The number of amides is 3. The van der Waals surface area contributed by atoms with E-state index in [1.165, 1.54) is 32.1 Å². The van der Waals surface area contributed by atoms with E-state index in [1.54, 1.807) is 66.7 Å². The summed E-state index contributed by atoms with van der Waals surface area (Å²) in [6.45, 7) is 1.96. The maximum atomic E-state index is 13.5. The van der Waals surface area contributed by atoms with Gasteiger partial charge in [0.2, 0.25) is 5.91 Å². The minimum absolute atomic E-state index is 0.00555. The molecule has 4 aromatic rings. The predicted octanol–water partition coefficient (Wildman–Crippen LogP) is 6.15. The van der Waals surface area contributed by atoms with Crippen LogP contribution in [-0.2, 0) is 9.59 Å². The summed E-state index contributed by atoms with van der Waals surface area (Å²) in [6, 6.07) is 28.6. The Labute approximate surface area is 249 Å². The number of nitrogens with one attached hydrogen (secondary N) is 3. The molecule has 42 heavy (non-hydrogen) atoms.